The van der Waals surface area contributed by atoms with E-state index in [2.05, 4.69) is 21.1 Å². The summed E-state index contributed by atoms with van der Waals surface area (Å²) in [5.41, 5.74) is 2.63. The van der Waals surface area contributed by atoms with E-state index in [4.69, 9.17) is 4.52 Å². The second kappa shape index (κ2) is 5.64. The first-order valence-electron chi connectivity index (χ1n) is 7.06. The summed E-state index contributed by atoms with van der Waals surface area (Å²) in [6, 6.07) is 7.63. The summed E-state index contributed by atoms with van der Waals surface area (Å²) < 4.78 is 6.37. The van der Waals surface area contributed by atoms with E-state index >= 15 is 0 Å². The highest BCUT2D eigenvalue weighted by Crippen LogP contribution is 2.33. The molecule has 1 fully saturated rings. The molecule has 0 radical (unpaired) electrons. The van der Waals surface area contributed by atoms with Gasteiger partial charge in [0.1, 0.15) is 0 Å². The average molecular weight is 349 g/mol. The van der Waals surface area contributed by atoms with E-state index in [1.807, 2.05) is 43.0 Å². The highest BCUT2D eigenvalue weighted by molar-refractivity contribution is 9.10. The predicted molar refractivity (Wildman–Crippen MR) is 83.1 cm³/mol. The van der Waals surface area contributed by atoms with Crippen LogP contribution in [0, 0.1) is 13.8 Å². The molecule has 5 heteroatoms. The van der Waals surface area contributed by atoms with Crippen LogP contribution < -0.4 is 0 Å². The lowest BCUT2D eigenvalue weighted by atomic mass is 10.1. The van der Waals surface area contributed by atoms with Crippen LogP contribution in [0.2, 0.25) is 0 Å². The predicted octanol–water partition coefficient (Wildman–Crippen LogP) is 4.03. The van der Waals surface area contributed by atoms with Crippen molar-refractivity contribution in [3.63, 3.8) is 0 Å². The lowest BCUT2D eigenvalue weighted by Crippen LogP contribution is -2.30. The lowest BCUT2D eigenvalue weighted by molar-refractivity contribution is 0.0714. The summed E-state index contributed by atoms with van der Waals surface area (Å²) in [6.07, 6.45) is 1.92. The van der Waals surface area contributed by atoms with Gasteiger partial charge >= 0.3 is 0 Å². The molecule has 0 N–H and O–H groups in total. The molecule has 1 atom stereocenters. The lowest BCUT2D eigenvalue weighted by Gasteiger charge is -2.23. The molecule has 3 rings (SSSR count). The summed E-state index contributed by atoms with van der Waals surface area (Å²) >= 11 is 3.47. The van der Waals surface area contributed by atoms with E-state index < -0.39 is 0 Å². The minimum absolute atomic E-state index is 0.00246. The first-order chi connectivity index (χ1) is 10.1. The van der Waals surface area contributed by atoms with E-state index in [0.29, 0.717) is 0 Å². The van der Waals surface area contributed by atoms with Crippen LogP contribution in [0.3, 0.4) is 0 Å². The van der Waals surface area contributed by atoms with Crippen LogP contribution in [0.4, 0.5) is 0 Å². The van der Waals surface area contributed by atoms with Crippen molar-refractivity contribution >= 4 is 21.8 Å². The minimum Gasteiger partial charge on any atom is -0.359 e. The van der Waals surface area contributed by atoms with E-state index in [9.17, 15) is 4.79 Å². The molecule has 1 aliphatic rings. The number of hydrogen-bond acceptors (Lipinski definition) is 3. The number of hydrogen-bond donors (Lipinski definition) is 0. The number of carbonyl (C=O) groups is 1. The fourth-order valence-corrected chi connectivity index (χ4v) is 3.04. The van der Waals surface area contributed by atoms with Gasteiger partial charge in [0.05, 0.1) is 11.7 Å². The van der Waals surface area contributed by atoms with Crippen molar-refractivity contribution in [1.82, 2.24) is 10.1 Å². The Balaban J connectivity index is 1.87. The van der Waals surface area contributed by atoms with Crippen molar-refractivity contribution in [2.24, 2.45) is 0 Å². The molecule has 4 nitrogen and oxygen atoms in total. The minimum atomic E-state index is 0.00246. The van der Waals surface area contributed by atoms with E-state index in [-0.39, 0.29) is 11.9 Å². The first kappa shape index (κ1) is 14.3. The first-order valence-corrected chi connectivity index (χ1v) is 7.86. The molecular formula is C16H17BrN2O2. The molecule has 0 bridgehead atoms. The average Bonchev–Trinajstić information content (AvgIpc) is 3.09. The van der Waals surface area contributed by atoms with Crippen molar-refractivity contribution in [3.8, 4) is 0 Å². The number of benzene rings is 1. The number of nitrogens with zero attached hydrogens (tertiary/aromatic N) is 2. The number of rotatable bonds is 2. The zero-order chi connectivity index (χ0) is 15.0. The Morgan fingerprint density at radius 1 is 1.38 bits per heavy atom. The molecule has 21 heavy (non-hydrogen) atoms. The van der Waals surface area contributed by atoms with Gasteiger partial charge in [-0.2, -0.15) is 0 Å². The van der Waals surface area contributed by atoms with Crippen LogP contribution in [0.1, 0.15) is 46.3 Å². The molecule has 1 amide bonds. The Kier molecular flexibility index (Phi) is 3.85. The van der Waals surface area contributed by atoms with Crippen molar-refractivity contribution in [2.45, 2.75) is 32.7 Å². The zero-order valence-electron chi connectivity index (χ0n) is 12.1. The van der Waals surface area contributed by atoms with Gasteiger partial charge in [-0.25, -0.2) is 0 Å². The van der Waals surface area contributed by atoms with Crippen LogP contribution in [0.25, 0.3) is 0 Å². The molecule has 1 aromatic carbocycles. The Morgan fingerprint density at radius 2 is 2.19 bits per heavy atom. The molecule has 1 aromatic heterocycles. The number of carbonyl (C=O) groups excluding carboxylic acids is 1. The fourth-order valence-electron chi connectivity index (χ4n) is 2.79. The van der Waals surface area contributed by atoms with Crippen molar-refractivity contribution in [3.05, 3.63) is 51.3 Å². The smallest absolute Gasteiger partial charge is 0.254 e. The second-order valence-electron chi connectivity index (χ2n) is 5.49. The third-order valence-electron chi connectivity index (χ3n) is 3.89. The number of likely N-dealkylation sites (tertiary alicyclic amines) is 1. The van der Waals surface area contributed by atoms with Crippen molar-refractivity contribution < 1.29 is 9.32 Å². The van der Waals surface area contributed by atoms with Gasteiger partial charge in [0.25, 0.3) is 5.91 Å². The molecule has 2 aromatic rings. The third kappa shape index (κ3) is 2.75. The van der Waals surface area contributed by atoms with E-state index in [1.165, 1.54) is 0 Å². The molecule has 1 unspecified atom stereocenters. The molecule has 0 spiro atoms. The summed E-state index contributed by atoms with van der Waals surface area (Å²) in [5.74, 6) is 0.842. The SMILES string of the molecule is Cc1cc(C2CCCN2C(=O)c2ccc(Br)c(C)c2)on1. The van der Waals surface area contributed by atoms with Crippen molar-refractivity contribution in [2.75, 3.05) is 6.54 Å². The Labute approximate surface area is 132 Å². The topological polar surface area (TPSA) is 46.3 Å². The van der Waals surface area contributed by atoms with Crippen molar-refractivity contribution in [1.29, 1.82) is 0 Å². The summed E-state index contributed by atoms with van der Waals surface area (Å²) in [7, 11) is 0. The van der Waals surface area contributed by atoms with Gasteiger partial charge in [-0.3, -0.25) is 4.79 Å². The van der Waals surface area contributed by atoms with Gasteiger partial charge in [-0.1, -0.05) is 21.1 Å². The molecule has 0 aliphatic carbocycles. The zero-order valence-corrected chi connectivity index (χ0v) is 13.7. The molecule has 110 valence electrons. The Hall–Kier alpha value is -1.62. The van der Waals surface area contributed by atoms with Crippen LogP contribution >= 0.6 is 15.9 Å². The van der Waals surface area contributed by atoms with E-state index in [0.717, 1.165) is 46.4 Å². The fraction of sp³-hybridized carbons (Fsp3) is 0.375. The maximum absolute atomic E-state index is 12.7. The molecule has 1 saturated heterocycles. The number of halogens is 1. The van der Waals surface area contributed by atoms with Gasteiger partial charge in [0.15, 0.2) is 5.76 Å². The standard InChI is InChI=1S/C16H17BrN2O2/c1-10-8-12(5-6-13(10)17)16(20)19-7-3-4-14(19)15-9-11(2)18-21-15/h5-6,8-9,14H,3-4,7H2,1-2H3. The number of amides is 1. The Morgan fingerprint density at radius 3 is 2.86 bits per heavy atom. The Bertz CT molecular complexity index is 681. The van der Waals surface area contributed by atoms with Gasteiger partial charge in [-0.15, -0.1) is 0 Å². The molecular weight excluding hydrogens is 332 g/mol. The highest BCUT2D eigenvalue weighted by atomic mass is 79.9. The van der Waals surface area contributed by atoms with Crippen LogP contribution in [-0.4, -0.2) is 22.5 Å². The van der Waals surface area contributed by atoms with Crippen LogP contribution in [0.5, 0.6) is 0 Å². The maximum Gasteiger partial charge on any atom is 0.254 e. The number of aromatic nitrogens is 1. The monoisotopic (exact) mass is 348 g/mol. The highest BCUT2D eigenvalue weighted by Gasteiger charge is 2.33. The summed E-state index contributed by atoms with van der Waals surface area (Å²) in [6.45, 7) is 4.65. The van der Waals surface area contributed by atoms with Gasteiger partial charge in [0.2, 0.25) is 0 Å². The second-order valence-corrected chi connectivity index (χ2v) is 6.35. The van der Waals surface area contributed by atoms with Gasteiger partial charge in [0, 0.05) is 22.6 Å². The van der Waals surface area contributed by atoms with Gasteiger partial charge in [-0.05, 0) is 50.5 Å². The van der Waals surface area contributed by atoms with Crippen LogP contribution in [0.15, 0.2) is 33.3 Å². The molecule has 1 aliphatic heterocycles. The normalized spacial score (nSPS) is 18.2. The number of aryl methyl sites for hydroxylation is 2. The molecule has 0 saturated carbocycles. The van der Waals surface area contributed by atoms with Gasteiger partial charge < -0.3 is 9.42 Å². The quantitative estimate of drug-likeness (QED) is 0.822. The van der Waals surface area contributed by atoms with Crippen LogP contribution in [-0.2, 0) is 0 Å². The summed E-state index contributed by atoms with van der Waals surface area (Å²) in [4.78, 5) is 14.6. The summed E-state index contributed by atoms with van der Waals surface area (Å²) in [5, 5.41) is 3.93. The molecule has 2 heterocycles. The van der Waals surface area contributed by atoms with E-state index in [1.54, 1.807) is 0 Å². The third-order valence-corrected chi connectivity index (χ3v) is 4.78. The largest absolute Gasteiger partial charge is 0.359 e. The maximum atomic E-state index is 12.7.